The summed E-state index contributed by atoms with van der Waals surface area (Å²) in [5.41, 5.74) is 0.670. The van der Waals surface area contributed by atoms with Crippen LogP contribution in [0.25, 0.3) is 0 Å². The van der Waals surface area contributed by atoms with Crippen molar-refractivity contribution in [3.63, 3.8) is 0 Å². The third-order valence-corrected chi connectivity index (χ3v) is 3.79. The molecule has 0 spiro atoms. The summed E-state index contributed by atoms with van der Waals surface area (Å²) in [5, 5.41) is 11.3. The predicted molar refractivity (Wildman–Crippen MR) is 83.3 cm³/mol. The summed E-state index contributed by atoms with van der Waals surface area (Å²) in [5.74, 6) is 0.582. The van der Waals surface area contributed by atoms with Gasteiger partial charge in [0.1, 0.15) is 11.5 Å². The zero-order chi connectivity index (χ0) is 16.6. The largest absolute Gasteiger partial charge is 0.450 e. The van der Waals surface area contributed by atoms with Gasteiger partial charge < -0.3 is 9.47 Å². The number of benzene rings is 2. The smallest absolute Gasteiger partial charge is 0.313 e. The summed E-state index contributed by atoms with van der Waals surface area (Å²) in [7, 11) is 0. The van der Waals surface area contributed by atoms with Crippen molar-refractivity contribution in [2.75, 3.05) is 0 Å². The number of nitro benzene ring substituents is 1. The zero-order valence-corrected chi connectivity index (χ0v) is 12.9. The van der Waals surface area contributed by atoms with E-state index in [1.54, 1.807) is 18.2 Å². The molecule has 0 saturated heterocycles. The molecule has 1 atom stereocenters. The van der Waals surface area contributed by atoms with E-state index < -0.39 is 4.92 Å². The molecule has 118 valence electrons. The van der Waals surface area contributed by atoms with Crippen LogP contribution in [0.3, 0.4) is 0 Å². The van der Waals surface area contributed by atoms with Gasteiger partial charge in [0, 0.05) is 17.2 Å². The molecule has 2 aromatic carbocycles. The Kier molecular flexibility index (Phi) is 3.92. The van der Waals surface area contributed by atoms with E-state index in [0.717, 1.165) is 5.56 Å². The third kappa shape index (κ3) is 3.12. The van der Waals surface area contributed by atoms with Crippen LogP contribution < -0.4 is 9.47 Å². The van der Waals surface area contributed by atoms with Gasteiger partial charge in [-0.3, -0.25) is 14.9 Å². The molecule has 6 nitrogen and oxygen atoms in total. The van der Waals surface area contributed by atoms with Gasteiger partial charge in [0.2, 0.25) is 5.75 Å². The van der Waals surface area contributed by atoms with E-state index in [1.165, 1.54) is 18.2 Å². The molecule has 7 heteroatoms. The van der Waals surface area contributed by atoms with Gasteiger partial charge in [0.15, 0.2) is 0 Å². The molecular weight excluding hydrogens is 322 g/mol. The van der Waals surface area contributed by atoms with Crippen LogP contribution in [0.15, 0.2) is 36.4 Å². The Morgan fingerprint density at radius 3 is 2.83 bits per heavy atom. The minimum atomic E-state index is -0.568. The SMILES string of the molecule is CC1CC(=O)Oc2cc(Oc3ccc(Cl)cc3[N+](=O)[O-])ccc21. The molecule has 0 saturated carbocycles. The van der Waals surface area contributed by atoms with Crippen molar-refractivity contribution >= 4 is 23.3 Å². The molecule has 23 heavy (non-hydrogen) atoms. The number of carbonyl (C=O) groups excluding carboxylic acids is 1. The van der Waals surface area contributed by atoms with Crippen LogP contribution in [0.4, 0.5) is 5.69 Å². The number of rotatable bonds is 3. The molecule has 1 heterocycles. The first kappa shape index (κ1) is 15.3. The minimum absolute atomic E-state index is 0.0603. The standard InChI is InChI=1S/C16H12ClNO5/c1-9-6-16(19)23-15-8-11(3-4-12(9)15)22-14-5-2-10(17)7-13(14)18(20)21/h2-5,7-9H,6H2,1H3. The van der Waals surface area contributed by atoms with Crippen molar-refractivity contribution in [3.8, 4) is 17.2 Å². The number of esters is 1. The van der Waals surface area contributed by atoms with E-state index in [4.69, 9.17) is 21.1 Å². The molecule has 1 unspecified atom stereocenters. The van der Waals surface area contributed by atoms with Crippen molar-refractivity contribution in [2.24, 2.45) is 0 Å². The van der Waals surface area contributed by atoms with E-state index in [1.807, 2.05) is 6.92 Å². The van der Waals surface area contributed by atoms with Gasteiger partial charge in [-0.15, -0.1) is 0 Å². The molecule has 0 aliphatic carbocycles. The first-order valence-corrected chi connectivity index (χ1v) is 7.28. The van der Waals surface area contributed by atoms with Crippen molar-refractivity contribution in [1.29, 1.82) is 0 Å². The van der Waals surface area contributed by atoms with Crippen molar-refractivity contribution in [1.82, 2.24) is 0 Å². The molecule has 0 radical (unpaired) electrons. The molecule has 1 aliphatic heterocycles. The summed E-state index contributed by atoms with van der Waals surface area (Å²) in [6, 6.07) is 9.19. The second-order valence-electron chi connectivity index (χ2n) is 5.25. The van der Waals surface area contributed by atoms with E-state index in [-0.39, 0.29) is 28.3 Å². The van der Waals surface area contributed by atoms with E-state index >= 15 is 0 Å². The average molecular weight is 334 g/mol. The summed E-state index contributed by atoms with van der Waals surface area (Å²) in [6.07, 6.45) is 0.329. The van der Waals surface area contributed by atoms with Crippen LogP contribution in [0.5, 0.6) is 17.2 Å². The molecule has 0 amide bonds. The summed E-state index contributed by atoms with van der Waals surface area (Å²) in [6.45, 7) is 1.93. The Morgan fingerprint density at radius 1 is 1.30 bits per heavy atom. The number of hydrogen-bond acceptors (Lipinski definition) is 5. The molecule has 0 aromatic heterocycles. The van der Waals surface area contributed by atoms with Gasteiger partial charge >= 0.3 is 11.7 Å². The summed E-state index contributed by atoms with van der Waals surface area (Å²) < 4.78 is 10.8. The highest BCUT2D eigenvalue weighted by Gasteiger charge is 2.24. The number of nitrogens with zero attached hydrogens (tertiary/aromatic N) is 1. The number of carbonyl (C=O) groups is 1. The van der Waals surface area contributed by atoms with Crippen LogP contribution in [-0.2, 0) is 4.79 Å². The maximum absolute atomic E-state index is 11.5. The maximum Gasteiger partial charge on any atom is 0.313 e. The molecule has 2 aromatic rings. The van der Waals surface area contributed by atoms with Crippen molar-refractivity contribution in [2.45, 2.75) is 19.3 Å². The second-order valence-corrected chi connectivity index (χ2v) is 5.69. The highest BCUT2D eigenvalue weighted by atomic mass is 35.5. The Hall–Kier alpha value is -2.60. The molecule has 0 N–H and O–H groups in total. The van der Waals surface area contributed by atoms with Gasteiger partial charge in [-0.2, -0.15) is 0 Å². The highest BCUT2D eigenvalue weighted by Crippen LogP contribution is 2.39. The highest BCUT2D eigenvalue weighted by molar-refractivity contribution is 6.30. The predicted octanol–water partition coefficient (Wildman–Crippen LogP) is 4.45. The van der Waals surface area contributed by atoms with E-state index in [2.05, 4.69) is 0 Å². The first-order valence-electron chi connectivity index (χ1n) is 6.90. The van der Waals surface area contributed by atoms with Crippen LogP contribution in [0, 0.1) is 10.1 Å². The van der Waals surface area contributed by atoms with Crippen molar-refractivity contribution in [3.05, 3.63) is 57.1 Å². The lowest BCUT2D eigenvalue weighted by Gasteiger charge is -2.21. The fourth-order valence-electron chi connectivity index (χ4n) is 2.44. The Morgan fingerprint density at radius 2 is 2.09 bits per heavy atom. The molecule has 0 bridgehead atoms. The fourth-order valence-corrected chi connectivity index (χ4v) is 2.61. The summed E-state index contributed by atoms with van der Waals surface area (Å²) >= 11 is 5.77. The average Bonchev–Trinajstić information content (AvgIpc) is 2.48. The molecular formula is C16H12ClNO5. The minimum Gasteiger partial charge on any atom is -0.450 e. The normalized spacial score (nSPS) is 16.4. The van der Waals surface area contributed by atoms with Gasteiger partial charge in [-0.25, -0.2) is 0 Å². The lowest BCUT2D eigenvalue weighted by Crippen LogP contribution is -2.18. The number of nitro groups is 1. The van der Waals surface area contributed by atoms with E-state index in [0.29, 0.717) is 17.9 Å². The second kappa shape index (κ2) is 5.89. The number of halogens is 1. The third-order valence-electron chi connectivity index (χ3n) is 3.56. The van der Waals surface area contributed by atoms with Gasteiger partial charge in [-0.05, 0) is 29.7 Å². The molecule has 0 fully saturated rings. The van der Waals surface area contributed by atoms with E-state index in [9.17, 15) is 14.9 Å². The number of ether oxygens (including phenoxy) is 2. The van der Waals surface area contributed by atoms with Crippen LogP contribution >= 0.6 is 11.6 Å². The quantitative estimate of drug-likeness (QED) is 0.359. The summed E-state index contributed by atoms with van der Waals surface area (Å²) in [4.78, 5) is 22.0. The Balaban J connectivity index is 1.94. The van der Waals surface area contributed by atoms with Gasteiger partial charge in [0.25, 0.3) is 0 Å². The lowest BCUT2D eigenvalue weighted by molar-refractivity contribution is -0.385. The Bertz CT molecular complexity index is 805. The lowest BCUT2D eigenvalue weighted by atomic mass is 9.95. The zero-order valence-electron chi connectivity index (χ0n) is 12.1. The Labute approximate surface area is 136 Å². The number of fused-ring (bicyclic) bond motifs is 1. The van der Waals surface area contributed by atoms with Crippen LogP contribution in [0.1, 0.15) is 24.8 Å². The fraction of sp³-hybridized carbons (Fsp3) is 0.188. The molecule has 3 rings (SSSR count). The maximum atomic E-state index is 11.5. The number of hydrogen-bond donors (Lipinski definition) is 0. The first-order chi connectivity index (χ1) is 10.9. The van der Waals surface area contributed by atoms with Gasteiger partial charge in [-0.1, -0.05) is 24.6 Å². The topological polar surface area (TPSA) is 78.7 Å². The molecule has 1 aliphatic rings. The monoisotopic (exact) mass is 333 g/mol. The van der Waals surface area contributed by atoms with Gasteiger partial charge in [0.05, 0.1) is 11.3 Å². The van der Waals surface area contributed by atoms with Crippen molar-refractivity contribution < 1.29 is 19.2 Å². The van der Waals surface area contributed by atoms with Crippen LogP contribution in [0.2, 0.25) is 5.02 Å². The van der Waals surface area contributed by atoms with Crippen LogP contribution in [-0.4, -0.2) is 10.9 Å².